The summed E-state index contributed by atoms with van der Waals surface area (Å²) in [7, 11) is 0. The predicted octanol–water partition coefficient (Wildman–Crippen LogP) is 5.00. The molecule has 5 rings (SSSR count). The zero-order valence-electron chi connectivity index (χ0n) is 20.7. The lowest BCUT2D eigenvalue weighted by Crippen LogP contribution is -2.46. The number of nitrogens with zero attached hydrogens (tertiary/aromatic N) is 4. The van der Waals surface area contributed by atoms with E-state index in [0.717, 1.165) is 78.8 Å². The first kappa shape index (κ1) is 23.3. The number of nitrogens with one attached hydrogen (secondary N) is 2. The number of piperazine rings is 1. The zero-order chi connectivity index (χ0) is 24.4. The number of aryl methyl sites for hydroxylation is 3. The third kappa shape index (κ3) is 5.15. The number of benzene rings is 2. The van der Waals surface area contributed by atoms with Gasteiger partial charge in [-0.1, -0.05) is 36.4 Å². The fourth-order valence-electron chi connectivity index (χ4n) is 5.05. The largest absolute Gasteiger partial charge is 0.370 e. The van der Waals surface area contributed by atoms with Crippen molar-refractivity contribution in [1.29, 1.82) is 0 Å². The molecule has 6 nitrogen and oxygen atoms in total. The van der Waals surface area contributed by atoms with Crippen LogP contribution in [-0.2, 0) is 13.0 Å². The molecule has 4 aromatic rings. The van der Waals surface area contributed by atoms with E-state index in [1.807, 2.05) is 32.9 Å². The van der Waals surface area contributed by atoms with Gasteiger partial charge in [0.25, 0.3) is 0 Å². The van der Waals surface area contributed by atoms with E-state index in [1.54, 1.807) is 0 Å². The maximum atomic E-state index is 14.3. The van der Waals surface area contributed by atoms with Crippen molar-refractivity contribution < 1.29 is 4.39 Å². The molecule has 2 N–H and O–H groups in total. The quantitative estimate of drug-likeness (QED) is 0.396. The fraction of sp³-hybridized carbons (Fsp3) is 0.357. The molecule has 1 aliphatic rings. The molecule has 2 aromatic carbocycles. The normalized spacial score (nSPS) is 14.6. The summed E-state index contributed by atoms with van der Waals surface area (Å²) in [6.45, 7) is 11.6. The Morgan fingerprint density at radius 1 is 0.971 bits per heavy atom. The Morgan fingerprint density at radius 2 is 1.74 bits per heavy atom. The Labute approximate surface area is 206 Å². The van der Waals surface area contributed by atoms with Gasteiger partial charge in [-0.25, -0.2) is 14.4 Å². The van der Waals surface area contributed by atoms with Gasteiger partial charge in [0.05, 0.1) is 5.52 Å². The van der Waals surface area contributed by atoms with E-state index >= 15 is 0 Å². The van der Waals surface area contributed by atoms with Crippen molar-refractivity contribution in [3.63, 3.8) is 0 Å². The van der Waals surface area contributed by atoms with E-state index in [-0.39, 0.29) is 5.82 Å². The molecular weight excluding hydrogens is 439 g/mol. The molecule has 0 aliphatic carbocycles. The van der Waals surface area contributed by atoms with Gasteiger partial charge in [0, 0.05) is 56.4 Å². The van der Waals surface area contributed by atoms with Crippen LogP contribution in [0.2, 0.25) is 0 Å². The van der Waals surface area contributed by atoms with E-state index in [9.17, 15) is 4.39 Å². The van der Waals surface area contributed by atoms with Crippen molar-refractivity contribution >= 4 is 22.5 Å². The number of hydrogen-bond acceptors (Lipinski definition) is 5. The Hall–Kier alpha value is -3.45. The number of aromatic amines is 1. The first-order valence-corrected chi connectivity index (χ1v) is 12.3. The lowest BCUT2D eigenvalue weighted by atomic mass is 10.0. The second-order valence-electron chi connectivity index (χ2n) is 9.43. The lowest BCUT2D eigenvalue weighted by Gasteiger charge is -2.35. The number of fused-ring (bicyclic) bond motifs is 1. The fourth-order valence-corrected chi connectivity index (χ4v) is 5.05. The van der Waals surface area contributed by atoms with Crippen LogP contribution >= 0.6 is 0 Å². The lowest BCUT2D eigenvalue weighted by molar-refractivity contribution is 0.249. The van der Waals surface area contributed by atoms with Crippen molar-refractivity contribution in [2.75, 3.05) is 42.9 Å². The Kier molecular flexibility index (Phi) is 6.68. The van der Waals surface area contributed by atoms with Gasteiger partial charge < -0.3 is 15.2 Å². The molecule has 182 valence electrons. The zero-order valence-corrected chi connectivity index (χ0v) is 20.7. The first-order valence-electron chi connectivity index (χ1n) is 12.3. The number of aromatic nitrogens is 3. The highest BCUT2D eigenvalue weighted by molar-refractivity contribution is 5.88. The van der Waals surface area contributed by atoms with E-state index in [4.69, 9.17) is 4.98 Å². The molecule has 1 saturated heterocycles. The second kappa shape index (κ2) is 10.0. The summed E-state index contributed by atoms with van der Waals surface area (Å²) in [5, 5.41) is 4.47. The Bertz CT molecular complexity index is 1310. The van der Waals surface area contributed by atoms with E-state index in [0.29, 0.717) is 12.1 Å². The molecule has 3 heterocycles. The van der Waals surface area contributed by atoms with Crippen molar-refractivity contribution in [1.82, 2.24) is 19.9 Å². The monoisotopic (exact) mass is 472 g/mol. The minimum atomic E-state index is -0.201. The highest BCUT2D eigenvalue weighted by atomic mass is 19.1. The second-order valence-corrected chi connectivity index (χ2v) is 9.43. The average Bonchev–Trinajstić information content (AvgIpc) is 3.19. The molecule has 1 aliphatic heterocycles. The molecule has 0 saturated carbocycles. The van der Waals surface area contributed by atoms with Crippen molar-refractivity contribution in [2.24, 2.45) is 0 Å². The third-order valence-electron chi connectivity index (χ3n) is 6.88. The smallest absolute Gasteiger partial charge is 0.147 e. The standard InChI is InChI=1S/C28H33FN6/c1-19-9-10-24(29)28-27(19)23(20(2)31-28)11-12-30-25-17-26(33-21(3)32-25)35-15-13-34(14-16-35)18-22-7-5-4-6-8-22/h4-10,17,31H,11-16,18H2,1-3H3,(H,30,32,33). The summed E-state index contributed by atoms with van der Waals surface area (Å²) < 4.78 is 14.3. The number of hydrogen-bond donors (Lipinski definition) is 2. The van der Waals surface area contributed by atoms with Crippen LogP contribution < -0.4 is 10.2 Å². The van der Waals surface area contributed by atoms with Crippen molar-refractivity contribution in [2.45, 2.75) is 33.7 Å². The van der Waals surface area contributed by atoms with Gasteiger partial charge in [-0.3, -0.25) is 4.90 Å². The SMILES string of the molecule is Cc1nc(NCCc2c(C)[nH]c3c(F)ccc(C)c23)cc(N2CCN(Cc3ccccc3)CC2)n1. The topological polar surface area (TPSA) is 60.1 Å². The van der Waals surface area contributed by atoms with Crippen molar-refractivity contribution in [3.8, 4) is 0 Å². The minimum Gasteiger partial charge on any atom is -0.370 e. The van der Waals surface area contributed by atoms with E-state index < -0.39 is 0 Å². The average molecular weight is 473 g/mol. The van der Waals surface area contributed by atoms with Gasteiger partial charge in [0.2, 0.25) is 0 Å². The number of halogens is 1. The maximum absolute atomic E-state index is 14.3. The summed E-state index contributed by atoms with van der Waals surface area (Å²) in [5.41, 5.74) is 5.22. The highest BCUT2D eigenvalue weighted by Gasteiger charge is 2.19. The molecule has 0 unspecified atom stereocenters. The third-order valence-corrected chi connectivity index (χ3v) is 6.88. The predicted molar refractivity (Wildman–Crippen MR) is 141 cm³/mol. The van der Waals surface area contributed by atoms with Crippen LogP contribution in [0, 0.1) is 26.6 Å². The molecule has 0 spiro atoms. The molecule has 0 amide bonds. The van der Waals surface area contributed by atoms with Crippen LogP contribution in [0.1, 0.15) is 28.2 Å². The summed E-state index contributed by atoms with van der Waals surface area (Å²) in [4.78, 5) is 17.4. The Morgan fingerprint density at radius 3 is 2.51 bits per heavy atom. The molecule has 0 bridgehead atoms. The molecular formula is C28H33FN6. The van der Waals surface area contributed by atoms with E-state index in [2.05, 4.69) is 55.4 Å². The van der Waals surface area contributed by atoms with Gasteiger partial charge >= 0.3 is 0 Å². The van der Waals surface area contributed by atoms with Gasteiger partial charge in [-0.2, -0.15) is 0 Å². The summed E-state index contributed by atoms with van der Waals surface area (Å²) in [6.07, 6.45) is 0.784. The number of anilines is 2. The summed E-state index contributed by atoms with van der Waals surface area (Å²) >= 11 is 0. The van der Waals surface area contributed by atoms with Crippen LogP contribution in [0.25, 0.3) is 10.9 Å². The molecule has 7 heteroatoms. The highest BCUT2D eigenvalue weighted by Crippen LogP contribution is 2.28. The number of H-pyrrole nitrogens is 1. The molecule has 2 aromatic heterocycles. The van der Waals surface area contributed by atoms with E-state index in [1.165, 1.54) is 11.6 Å². The van der Waals surface area contributed by atoms with Crippen LogP contribution in [0.5, 0.6) is 0 Å². The molecule has 0 atom stereocenters. The van der Waals surface area contributed by atoms with Crippen LogP contribution in [0.4, 0.5) is 16.0 Å². The van der Waals surface area contributed by atoms with Gasteiger partial charge in [0.1, 0.15) is 23.3 Å². The van der Waals surface area contributed by atoms with Gasteiger partial charge in [0.15, 0.2) is 0 Å². The molecule has 0 radical (unpaired) electrons. The van der Waals surface area contributed by atoms with Crippen LogP contribution in [0.15, 0.2) is 48.5 Å². The van der Waals surface area contributed by atoms with Gasteiger partial charge in [-0.05, 0) is 49.9 Å². The maximum Gasteiger partial charge on any atom is 0.147 e. The van der Waals surface area contributed by atoms with Crippen LogP contribution in [-0.4, -0.2) is 52.6 Å². The first-order chi connectivity index (χ1) is 17.0. The minimum absolute atomic E-state index is 0.201. The molecule has 1 fully saturated rings. The van der Waals surface area contributed by atoms with Crippen molar-refractivity contribution in [3.05, 3.63) is 82.6 Å². The Balaban J connectivity index is 1.22. The number of rotatable bonds is 7. The summed E-state index contributed by atoms with van der Waals surface area (Å²) in [5.74, 6) is 2.37. The van der Waals surface area contributed by atoms with Crippen LogP contribution in [0.3, 0.4) is 0 Å². The summed E-state index contributed by atoms with van der Waals surface area (Å²) in [6, 6.07) is 16.1. The molecule has 35 heavy (non-hydrogen) atoms. The van der Waals surface area contributed by atoms with Gasteiger partial charge in [-0.15, -0.1) is 0 Å².